The minimum atomic E-state index is -0.287. The van der Waals surface area contributed by atoms with E-state index < -0.39 is 0 Å². The van der Waals surface area contributed by atoms with Crippen molar-refractivity contribution in [2.45, 2.75) is 26.5 Å². The fourth-order valence-electron chi connectivity index (χ4n) is 0.899. The van der Waals surface area contributed by atoms with Crippen molar-refractivity contribution in [1.29, 1.82) is 0 Å². The van der Waals surface area contributed by atoms with Crippen LogP contribution in [0, 0.1) is 6.92 Å². The number of hydrogen-bond acceptors (Lipinski definition) is 4. The molecule has 2 N–H and O–H groups in total. The molecule has 1 rings (SSSR count). The molecule has 0 bridgehead atoms. The van der Waals surface area contributed by atoms with Gasteiger partial charge in [0.25, 0.3) is 0 Å². The molecule has 1 aromatic heterocycles. The number of aromatic nitrogens is 1. The van der Waals surface area contributed by atoms with Crippen molar-refractivity contribution >= 4 is 11.3 Å². The second-order valence-corrected chi connectivity index (χ2v) is 3.90. The minimum Gasteiger partial charge on any atom is -0.392 e. The lowest BCUT2D eigenvalue weighted by atomic mass is 10.4. The van der Waals surface area contributed by atoms with E-state index in [1.807, 2.05) is 12.3 Å². The monoisotopic (exact) mass is 186 g/mol. The molecular weight excluding hydrogens is 172 g/mol. The van der Waals surface area contributed by atoms with Gasteiger partial charge in [0.2, 0.25) is 0 Å². The Bertz CT molecular complexity index is 235. The predicted octanol–water partition coefficient (Wildman–Crippen LogP) is 0.922. The Labute approximate surface area is 76.5 Å². The van der Waals surface area contributed by atoms with Crippen molar-refractivity contribution in [3.05, 3.63) is 16.1 Å². The standard InChI is InChI=1S/C8H14N2OS/c1-6(11)3-9-4-8-5-12-7(2)10-8/h5-6,9,11H,3-4H2,1-2H3. The number of nitrogens with zero attached hydrogens (tertiary/aromatic N) is 1. The van der Waals surface area contributed by atoms with Gasteiger partial charge in [-0.3, -0.25) is 0 Å². The van der Waals surface area contributed by atoms with Gasteiger partial charge in [-0.2, -0.15) is 0 Å². The van der Waals surface area contributed by atoms with Crippen molar-refractivity contribution in [2.24, 2.45) is 0 Å². The lowest BCUT2D eigenvalue weighted by molar-refractivity contribution is 0.191. The second-order valence-electron chi connectivity index (χ2n) is 2.84. The minimum absolute atomic E-state index is 0.287. The van der Waals surface area contributed by atoms with Crippen LogP contribution in [-0.2, 0) is 6.54 Å². The van der Waals surface area contributed by atoms with Crippen molar-refractivity contribution in [3.8, 4) is 0 Å². The van der Waals surface area contributed by atoms with Crippen LogP contribution in [0.25, 0.3) is 0 Å². The van der Waals surface area contributed by atoms with Crippen LogP contribution >= 0.6 is 11.3 Å². The third-order valence-electron chi connectivity index (χ3n) is 1.41. The zero-order chi connectivity index (χ0) is 8.97. The first-order valence-electron chi connectivity index (χ1n) is 3.98. The highest BCUT2D eigenvalue weighted by Crippen LogP contribution is 2.06. The Morgan fingerprint density at radius 3 is 3.00 bits per heavy atom. The molecule has 3 nitrogen and oxygen atoms in total. The summed E-state index contributed by atoms with van der Waals surface area (Å²) in [6.07, 6.45) is -0.287. The molecule has 1 atom stereocenters. The number of nitrogens with one attached hydrogen (secondary N) is 1. The fourth-order valence-corrected chi connectivity index (χ4v) is 1.51. The number of aryl methyl sites for hydroxylation is 1. The smallest absolute Gasteiger partial charge is 0.0897 e. The molecule has 4 heteroatoms. The quantitative estimate of drug-likeness (QED) is 0.735. The van der Waals surface area contributed by atoms with Gasteiger partial charge < -0.3 is 10.4 Å². The zero-order valence-corrected chi connectivity index (χ0v) is 8.19. The summed E-state index contributed by atoms with van der Waals surface area (Å²) in [6.45, 7) is 5.12. The summed E-state index contributed by atoms with van der Waals surface area (Å²) >= 11 is 1.65. The van der Waals surface area contributed by atoms with Gasteiger partial charge in [0.1, 0.15) is 0 Å². The predicted molar refractivity (Wildman–Crippen MR) is 50.2 cm³/mol. The number of thiazole rings is 1. The molecule has 1 heterocycles. The summed E-state index contributed by atoms with van der Waals surface area (Å²) in [7, 11) is 0. The van der Waals surface area contributed by atoms with E-state index in [2.05, 4.69) is 10.3 Å². The molecule has 0 aliphatic rings. The summed E-state index contributed by atoms with van der Waals surface area (Å²) < 4.78 is 0. The highest BCUT2D eigenvalue weighted by Gasteiger charge is 1.98. The van der Waals surface area contributed by atoms with Gasteiger partial charge in [0.15, 0.2) is 0 Å². The van der Waals surface area contributed by atoms with Crippen LogP contribution in [0.3, 0.4) is 0 Å². The highest BCUT2D eigenvalue weighted by molar-refractivity contribution is 7.09. The Kier molecular flexibility index (Phi) is 3.65. The van der Waals surface area contributed by atoms with E-state index in [1.54, 1.807) is 18.3 Å². The van der Waals surface area contributed by atoms with Gasteiger partial charge in [-0.15, -0.1) is 11.3 Å². The summed E-state index contributed by atoms with van der Waals surface area (Å²) in [6, 6.07) is 0. The van der Waals surface area contributed by atoms with Crippen LogP contribution < -0.4 is 5.32 Å². The maximum Gasteiger partial charge on any atom is 0.0897 e. The van der Waals surface area contributed by atoms with E-state index >= 15 is 0 Å². The highest BCUT2D eigenvalue weighted by atomic mass is 32.1. The largest absolute Gasteiger partial charge is 0.392 e. The molecule has 12 heavy (non-hydrogen) atoms. The summed E-state index contributed by atoms with van der Waals surface area (Å²) in [5.74, 6) is 0. The topological polar surface area (TPSA) is 45.2 Å². The maximum atomic E-state index is 8.96. The molecular formula is C8H14N2OS. The van der Waals surface area contributed by atoms with E-state index in [0.717, 1.165) is 17.2 Å². The average Bonchev–Trinajstić information content (AvgIpc) is 2.35. The van der Waals surface area contributed by atoms with Crippen molar-refractivity contribution < 1.29 is 5.11 Å². The van der Waals surface area contributed by atoms with Crippen molar-refractivity contribution in [3.63, 3.8) is 0 Å². The fraction of sp³-hybridized carbons (Fsp3) is 0.625. The lowest BCUT2D eigenvalue weighted by Gasteiger charge is -2.03. The average molecular weight is 186 g/mol. The summed E-state index contributed by atoms with van der Waals surface area (Å²) in [5.41, 5.74) is 1.05. The summed E-state index contributed by atoms with van der Waals surface area (Å²) in [5, 5.41) is 15.2. The van der Waals surface area contributed by atoms with Gasteiger partial charge in [-0.05, 0) is 13.8 Å². The zero-order valence-electron chi connectivity index (χ0n) is 7.37. The Balaban J connectivity index is 2.24. The molecule has 1 aromatic rings. The molecule has 1 unspecified atom stereocenters. The molecule has 0 aliphatic carbocycles. The van der Waals surface area contributed by atoms with Crippen molar-refractivity contribution in [1.82, 2.24) is 10.3 Å². The van der Waals surface area contributed by atoms with Crippen LogP contribution in [0.2, 0.25) is 0 Å². The van der Waals surface area contributed by atoms with Crippen LogP contribution in [0.15, 0.2) is 5.38 Å². The number of aliphatic hydroxyl groups excluding tert-OH is 1. The van der Waals surface area contributed by atoms with Gasteiger partial charge >= 0.3 is 0 Å². The molecule has 68 valence electrons. The Morgan fingerprint density at radius 2 is 2.50 bits per heavy atom. The van der Waals surface area contributed by atoms with Crippen LogP contribution in [-0.4, -0.2) is 22.7 Å². The normalized spacial score (nSPS) is 13.2. The first kappa shape index (κ1) is 9.64. The van der Waals surface area contributed by atoms with Gasteiger partial charge in [-0.25, -0.2) is 4.98 Å². The number of hydrogen-bond donors (Lipinski definition) is 2. The maximum absolute atomic E-state index is 8.96. The lowest BCUT2D eigenvalue weighted by Crippen LogP contribution is -2.23. The third-order valence-corrected chi connectivity index (χ3v) is 2.23. The third kappa shape index (κ3) is 3.30. The first-order chi connectivity index (χ1) is 5.68. The van der Waals surface area contributed by atoms with E-state index in [4.69, 9.17) is 5.11 Å². The molecule has 0 amide bonds. The SMILES string of the molecule is Cc1nc(CNCC(C)O)cs1. The van der Waals surface area contributed by atoms with E-state index in [-0.39, 0.29) is 6.10 Å². The Morgan fingerprint density at radius 1 is 1.75 bits per heavy atom. The van der Waals surface area contributed by atoms with Gasteiger partial charge in [0.05, 0.1) is 16.8 Å². The van der Waals surface area contributed by atoms with E-state index in [0.29, 0.717) is 6.54 Å². The first-order valence-corrected chi connectivity index (χ1v) is 4.86. The Hall–Kier alpha value is -0.450. The van der Waals surface area contributed by atoms with Crippen LogP contribution in [0.5, 0.6) is 0 Å². The van der Waals surface area contributed by atoms with Crippen LogP contribution in [0.4, 0.5) is 0 Å². The molecule has 0 spiro atoms. The van der Waals surface area contributed by atoms with E-state index in [9.17, 15) is 0 Å². The molecule has 0 aromatic carbocycles. The van der Waals surface area contributed by atoms with E-state index in [1.165, 1.54) is 0 Å². The van der Waals surface area contributed by atoms with Gasteiger partial charge in [-0.1, -0.05) is 0 Å². The summed E-state index contributed by atoms with van der Waals surface area (Å²) in [4.78, 5) is 4.28. The molecule has 0 saturated carbocycles. The van der Waals surface area contributed by atoms with Gasteiger partial charge in [0, 0.05) is 18.5 Å². The van der Waals surface area contributed by atoms with Crippen molar-refractivity contribution in [2.75, 3.05) is 6.54 Å². The molecule has 0 radical (unpaired) electrons. The van der Waals surface area contributed by atoms with Crippen LogP contribution in [0.1, 0.15) is 17.6 Å². The number of rotatable bonds is 4. The molecule has 0 saturated heterocycles. The number of aliphatic hydroxyl groups is 1. The molecule has 0 aliphatic heterocycles. The second kappa shape index (κ2) is 4.54. The molecule has 0 fully saturated rings.